The monoisotopic (exact) mass is 327 g/mol. The first-order valence-electron chi connectivity index (χ1n) is 6.90. The van der Waals surface area contributed by atoms with E-state index in [9.17, 15) is 9.18 Å². The van der Waals surface area contributed by atoms with Crippen molar-refractivity contribution >= 4 is 27.5 Å². The van der Waals surface area contributed by atoms with E-state index in [2.05, 4.69) is 21.2 Å². The van der Waals surface area contributed by atoms with Crippen LogP contribution in [0.4, 0.5) is 10.1 Å². The molecule has 1 saturated carbocycles. The van der Waals surface area contributed by atoms with E-state index < -0.39 is 0 Å². The van der Waals surface area contributed by atoms with Gasteiger partial charge >= 0.3 is 0 Å². The zero-order valence-corrected chi connectivity index (χ0v) is 12.5. The van der Waals surface area contributed by atoms with Crippen LogP contribution < -0.4 is 5.32 Å². The molecule has 0 aliphatic heterocycles. The number of hydrogen-bond donors (Lipinski definition) is 1. The van der Waals surface area contributed by atoms with Gasteiger partial charge < -0.3 is 5.32 Å². The van der Waals surface area contributed by atoms with Gasteiger partial charge in [-0.15, -0.1) is 0 Å². The lowest BCUT2D eigenvalue weighted by atomic mass is 9.96. The van der Waals surface area contributed by atoms with E-state index in [0.717, 1.165) is 12.8 Å². The first-order chi connectivity index (χ1) is 9.15. The van der Waals surface area contributed by atoms with Crippen LogP contribution in [-0.2, 0) is 4.79 Å². The summed E-state index contributed by atoms with van der Waals surface area (Å²) in [7, 11) is 0. The molecule has 0 spiro atoms. The topological polar surface area (TPSA) is 29.1 Å². The van der Waals surface area contributed by atoms with Gasteiger partial charge in [0.1, 0.15) is 5.82 Å². The quantitative estimate of drug-likeness (QED) is 0.787. The number of anilines is 1. The minimum absolute atomic E-state index is 0.00591. The lowest BCUT2D eigenvalue weighted by Crippen LogP contribution is -2.16. The average molecular weight is 328 g/mol. The van der Waals surface area contributed by atoms with E-state index in [4.69, 9.17) is 0 Å². The van der Waals surface area contributed by atoms with Gasteiger partial charge in [0.15, 0.2) is 0 Å². The standard InChI is InChI=1S/C15H19BrFNO/c16-13-8-7-12(10-14(13)17)18-15(19)9-11-5-3-1-2-4-6-11/h7-8,10-11H,1-6,9H2,(H,18,19). The van der Waals surface area contributed by atoms with E-state index in [0.29, 0.717) is 22.5 Å². The summed E-state index contributed by atoms with van der Waals surface area (Å²) in [6, 6.07) is 4.66. The molecule has 19 heavy (non-hydrogen) atoms. The number of amides is 1. The Morgan fingerprint density at radius 3 is 2.58 bits per heavy atom. The van der Waals surface area contributed by atoms with Crippen molar-refractivity contribution in [2.45, 2.75) is 44.9 Å². The van der Waals surface area contributed by atoms with Crippen LogP contribution in [0.15, 0.2) is 22.7 Å². The zero-order chi connectivity index (χ0) is 13.7. The van der Waals surface area contributed by atoms with E-state index in [1.54, 1.807) is 12.1 Å². The van der Waals surface area contributed by atoms with Crippen molar-refractivity contribution in [1.82, 2.24) is 0 Å². The summed E-state index contributed by atoms with van der Waals surface area (Å²) in [6.45, 7) is 0. The highest BCUT2D eigenvalue weighted by atomic mass is 79.9. The fraction of sp³-hybridized carbons (Fsp3) is 0.533. The average Bonchev–Trinajstić information content (AvgIpc) is 2.62. The van der Waals surface area contributed by atoms with Crippen LogP contribution in [0.3, 0.4) is 0 Å². The number of rotatable bonds is 3. The smallest absolute Gasteiger partial charge is 0.224 e. The molecule has 1 aromatic rings. The summed E-state index contributed by atoms with van der Waals surface area (Å²) >= 11 is 3.10. The summed E-state index contributed by atoms with van der Waals surface area (Å²) in [5, 5.41) is 2.78. The molecule has 0 atom stereocenters. The van der Waals surface area contributed by atoms with Crippen LogP contribution in [0.25, 0.3) is 0 Å². The molecule has 0 saturated heterocycles. The van der Waals surface area contributed by atoms with Crippen molar-refractivity contribution in [3.63, 3.8) is 0 Å². The zero-order valence-electron chi connectivity index (χ0n) is 10.9. The normalized spacial score (nSPS) is 16.9. The maximum absolute atomic E-state index is 13.3. The Bertz CT molecular complexity index is 442. The third-order valence-corrected chi connectivity index (χ3v) is 4.30. The first kappa shape index (κ1) is 14.5. The summed E-state index contributed by atoms with van der Waals surface area (Å²) in [6.07, 6.45) is 7.86. The number of carbonyl (C=O) groups is 1. The third kappa shape index (κ3) is 4.60. The van der Waals surface area contributed by atoms with E-state index in [1.165, 1.54) is 31.7 Å². The minimum Gasteiger partial charge on any atom is -0.326 e. The number of nitrogens with one attached hydrogen (secondary N) is 1. The van der Waals surface area contributed by atoms with Crippen molar-refractivity contribution in [1.29, 1.82) is 0 Å². The van der Waals surface area contributed by atoms with E-state index >= 15 is 0 Å². The summed E-state index contributed by atoms with van der Waals surface area (Å²) in [5.74, 6) is 0.128. The fourth-order valence-corrected chi connectivity index (χ4v) is 2.86. The van der Waals surface area contributed by atoms with Gasteiger partial charge in [0.05, 0.1) is 4.47 Å². The third-order valence-electron chi connectivity index (χ3n) is 3.65. The second kappa shape index (κ2) is 7.04. The van der Waals surface area contributed by atoms with Crippen LogP contribution in [0.5, 0.6) is 0 Å². The first-order valence-corrected chi connectivity index (χ1v) is 7.69. The van der Waals surface area contributed by atoms with Crippen molar-refractivity contribution in [3.8, 4) is 0 Å². The molecule has 2 rings (SSSR count). The Balaban J connectivity index is 1.87. The molecule has 1 aliphatic carbocycles. The van der Waals surface area contributed by atoms with Crippen LogP contribution in [0, 0.1) is 11.7 Å². The highest BCUT2D eigenvalue weighted by Crippen LogP contribution is 2.26. The molecule has 0 unspecified atom stereocenters. The Morgan fingerprint density at radius 1 is 1.26 bits per heavy atom. The minimum atomic E-state index is -0.354. The maximum Gasteiger partial charge on any atom is 0.224 e. The molecule has 2 nitrogen and oxygen atoms in total. The van der Waals surface area contributed by atoms with Gasteiger partial charge in [0, 0.05) is 12.1 Å². The molecule has 0 heterocycles. The number of carbonyl (C=O) groups excluding carboxylic acids is 1. The SMILES string of the molecule is O=C(CC1CCCCCC1)Nc1ccc(Br)c(F)c1. The van der Waals surface area contributed by atoms with Gasteiger partial charge in [-0.2, -0.15) is 0 Å². The Hall–Kier alpha value is -0.900. The molecule has 104 valence electrons. The Kier molecular flexibility index (Phi) is 5.37. The Labute approximate surface area is 121 Å². The second-order valence-electron chi connectivity index (χ2n) is 5.24. The van der Waals surface area contributed by atoms with Gasteiger partial charge in [-0.05, 0) is 52.9 Å². The molecule has 1 fully saturated rings. The lowest BCUT2D eigenvalue weighted by molar-refractivity contribution is -0.117. The van der Waals surface area contributed by atoms with Crippen LogP contribution >= 0.6 is 15.9 Å². The molecule has 0 aromatic heterocycles. The second-order valence-corrected chi connectivity index (χ2v) is 6.09. The van der Waals surface area contributed by atoms with Crippen molar-refractivity contribution in [2.75, 3.05) is 5.32 Å². The predicted octanol–water partition coefficient (Wildman–Crippen LogP) is 4.89. The van der Waals surface area contributed by atoms with E-state index in [1.807, 2.05) is 0 Å². The van der Waals surface area contributed by atoms with Crippen LogP contribution in [0.1, 0.15) is 44.9 Å². The van der Waals surface area contributed by atoms with Gasteiger partial charge in [-0.25, -0.2) is 4.39 Å². The molecule has 4 heteroatoms. The molecule has 1 aliphatic rings. The summed E-state index contributed by atoms with van der Waals surface area (Å²) in [5.41, 5.74) is 0.527. The molecule has 1 aromatic carbocycles. The molecule has 0 bridgehead atoms. The molecule has 0 radical (unpaired) electrons. The summed E-state index contributed by atoms with van der Waals surface area (Å²) < 4.78 is 13.8. The predicted molar refractivity (Wildman–Crippen MR) is 78.5 cm³/mol. The van der Waals surface area contributed by atoms with Gasteiger partial charge in [0.2, 0.25) is 5.91 Å². The van der Waals surface area contributed by atoms with Crippen LogP contribution in [-0.4, -0.2) is 5.91 Å². The molecular formula is C15H19BrFNO. The maximum atomic E-state index is 13.3. The number of halogens is 2. The highest BCUT2D eigenvalue weighted by Gasteiger charge is 2.16. The van der Waals surface area contributed by atoms with Crippen molar-refractivity contribution in [3.05, 3.63) is 28.5 Å². The lowest BCUT2D eigenvalue weighted by Gasteiger charge is -2.13. The summed E-state index contributed by atoms with van der Waals surface area (Å²) in [4.78, 5) is 11.9. The van der Waals surface area contributed by atoms with Gasteiger partial charge in [-0.3, -0.25) is 4.79 Å². The van der Waals surface area contributed by atoms with Crippen LogP contribution in [0.2, 0.25) is 0 Å². The number of benzene rings is 1. The van der Waals surface area contributed by atoms with Gasteiger partial charge in [-0.1, -0.05) is 25.7 Å². The molecular weight excluding hydrogens is 309 g/mol. The van der Waals surface area contributed by atoms with Crippen molar-refractivity contribution < 1.29 is 9.18 Å². The van der Waals surface area contributed by atoms with Crippen molar-refractivity contribution in [2.24, 2.45) is 5.92 Å². The molecule has 1 amide bonds. The molecule has 1 N–H and O–H groups in total. The highest BCUT2D eigenvalue weighted by molar-refractivity contribution is 9.10. The fourth-order valence-electron chi connectivity index (χ4n) is 2.62. The Morgan fingerprint density at radius 2 is 1.95 bits per heavy atom. The van der Waals surface area contributed by atoms with Gasteiger partial charge in [0.25, 0.3) is 0 Å². The number of hydrogen-bond acceptors (Lipinski definition) is 1. The largest absolute Gasteiger partial charge is 0.326 e. The van der Waals surface area contributed by atoms with E-state index in [-0.39, 0.29) is 11.7 Å².